The summed E-state index contributed by atoms with van der Waals surface area (Å²) < 4.78 is 6.34. The third-order valence-electron chi connectivity index (χ3n) is 4.46. The molecule has 1 amide bonds. The smallest absolute Gasteiger partial charge is 0.269 e. The van der Waals surface area contributed by atoms with E-state index in [0.29, 0.717) is 16.6 Å². The predicted octanol–water partition coefficient (Wildman–Crippen LogP) is 5.45. The van der Waals surface area contributed by atoms with E-state index in [1.54, 1.807) is 23.8 Å². The molecule has 5 nitrogen and oxygen atoms in total. The molecule has 8 heteroatoms. The molecule has 2 aromatic carbocycles. The van der Waals surface area contributed by atoms with E-state index in [9.17, 15) is 4.79 Å². The highest BCUT2D eigenvalue weighted by molar-refractivity contribution is 9.10. The first kappa shape index (κ1) is 19.4. The van der Waals surface area contributed by atoms with Gasteiger partial charge in [0.2, 0.25) is 0 Å². The van der Waals surface area contributed by atoms with Gasteiger partial charge in [-0.2, -0.15) is 0 Å². The summed E-state index contributed by atoms with van der Waals surface area (Å²) in [5.41, 5.74) is 1.87. The number of amidine groups is 1. The number of amides is 1. The zero-order valence-electron chi connectivity index (χ0n) is 15.6. The average molecular weight is 476 g/mol. The molecule has 4 rings (SSSR count). The van der Waals surface area contributed by atoms with Gasteiger partial charge in [0, 0.05) is 29.0 Å². The Balaban J connectivity index is 1.71. The molecule has 0 spiro atoms. The first-order chi connectivity index (χ1) is 13.5. The minimum absolute atomic E-state index is 0.00233. The molecule has 1 fully saturated rings. The molecule has 2 aliphatic heterocycles. The molecular weight excluding hydrogens is 458 g/mol. The largest absolute Gasteiger partial charge is 0.497 e. The highest BCUT2D eigenvalue weighted by Crippen LogP contribution is 2.51. The number of halogens is 1. The number of nitrogens with zero attached hydrogens (tertiary/aromatic N) is 3. The Morgan fingerprint density at radius 2 is 1.89 bits per heavy atom. The van der Waals surface area contributed by atoms with Gasteiger partial charge in [0.25, 0.3) is 5.91 Å². The Morgan fingerprint density at radius 3 is 2.57 bits per heavy atom. The highest BCUT2D eigenvalue weighted by atomic mass is 79.9. The van der Waals surface area contributed by atoms with E-state index in [0.717, 1.165) is 31.5 Å². The maximum atomic E-state index is 13.1. The fourth-order valence-electron chi connectivity index (χ4n) is 2.98. The van der Waals surface area contributed by atoms with Crippen molar-refractivity contribution in [1.82, 2.24) is 4.90 Å². The number of anilines is 1. The minimum Gasteiger partial charge on any atom is -0.497 e. The summed E-state index contributed by atoms with van der Waals surface area (Å²) in [5, 5.41) is 1.64. The van der Waals surface area contributed by atoms with Crippen molar-refractivity contribution >= 4 is 61.9 Å². The summed E-state index contributed by atoms with van der Waals surface area (Å²) in [6, 6.07) is 13.7. The van der Waals surface area contributed by atoms with Crippen molar-refractivity contribution in [1.29, 1.82) is 0 Å². The summed E-state index contributed by atoms with van der Waals surface area (Å²) >= 11 is 6.48. The number of hydrogen-bond acceptors (Lipinski definition) is 6. The maximum Gasteiger partial charge on any atom is 0.269 e. The standard InChI is InChI=1S/C20H18BrN3O2S2/c1-4-24-18(25)17(28-20(24)22-13-7-5-12(21)6-8-13)19-23(2)15-11-14(26-3)9-10-16(15)27-19/h5-11H,4H2,1-3H3/b19-17-,22-20?. The maximum absolute atomic E-state index is 13.1. The van der Waals surface area contributed by atoms with Gasteiger partial charge in [-0.3, -0.25) is 9.69 Å². The molecule has 144 valence electrons. The molecule has 0 saturated carbocycles. The van der Waals surface area contributed by atoms with Crippen LogP contribution in [0.25, 0.3) is 0 Å². The lowest BCUT2D eigenvalue weighted by Crippen LogP contribution is -2.29. The molecule has 2 aromatic rings. The normalized spacial score (nSPS) is 20.3. The van der Waals surface area contributed by atoms with Crippen molar-refractivity contribution in [2.24, 2.45) is 4.99 Å². The number of hydrogen-bond donors (Lipinski definition) is 0. The Hall–Kier alpha value is -1.90. The van der Waals surface area contributed by atoms with Crippen molar-refractivity contribution in [3.63, 3.8) is 0 Å². The average Bonchev–Trinajstić information content (AvgIpc) is 3.19. The van der Waals surface area contributed by atoms with E-state index in [-0.39, 0.29) is 5.91 Å². The number of benzene rings is 2. The fourth-order valence-corrected chi connectivity index (χ4v) is 5.63. The summed E-state index contributed by atoms with van der Waals surface area (Å²) in [6.45, 7) is 2.54. The zero-order valence-corrected chi connectivity index (χ0v) is 18.8. The van der Waals surface area contributed by atoms with Crippen LogP contribution in [-0.4, -0.2) is 36.7 Å². The number of fused-ring (bicyclic) bond motifs is 1. The summed E-state index contributed by atoms with van der Waals surface area (Å²) in [7, 11) is 3.64. The van der Waals surface area contributed by atoms with E-state index in [2.05, 4.69) is 20.8 Å². The van der Waals surface area contributed by atoms with Gasteiger partial charge in [0.1, 0.15) is 10.7 Å². The van der Waals surface area contributed by atoms with Crippen molar-refractivity contribution in [3.05, 3.63) is 56.9 Å². The van der Waals surface area contributed by atoms with Crippen molar-refractivity contribution in [3.8, 4) is 5.75 Å². The lowest BCUT2D eigenvalue weighted by molar-refractivity contribution is -0.122. The fraction of sp³-hybridized carbons (Fsp3) is 0.200. The van der Waals surface area contributed by atoms with E-state index >= 15 is 0 Å². The van der Waals surface area contributed by atoms with Crippen LogP contribution < -0.4 is 9.64 Å². The summed E-state index contributed by atoms with van der Waals surface area (Å²) in [5.74, 6) is 0.799. The quantitative estimate of drug-likeness (QED) is 0.552. The molecule has 0 N–H and O–H groups in total. The molecule has 0 radical (unpaired) electrons. The Morgan fingerprint density at radius 1 is 1.14 bits per heavy atom. The summed E-state index contributed by atoms with van der Waals surface area (Å²) in [6.07, 6.45) is 0. The van der Waals surface area contributed by atoms with Crippen LogP contribution in [0.2, 0.25) is 0 Å². The molecule has 2 heterocycles. The van der Waals surface area contributed by atoms with Crippen LogP contribution >= 0.6 is 39.5 Å². The van der Waals surface area contributed by atoms with Gasteiger partial charge < -0.3 is 9.64 Å². The molecule has 0 aliphatic carbocycles. The molecule has 0 atom stereocenters. The van der Waals surface area contributed by atoms with Crippen LogP contribution in [0.3, 0.4) is 0 Å². The second-order valence-corrected chi connectivity index (χ2v) is 9.08. The molecule has 0 unspecified atom stereocenters. The highest BCUT2D eigenvalue weighted by Gasteiger charge is 2.38. The van der Waals surface area contributed by atoms with Crippen LogP contribution in [0.5, 0.6) is 5.75 Å². The van der Waals surface area contributed by atoms with Crippen molar-refractivity contribution in [2.75, 3.05) is 25.6 Å². The van der Waals surface area contributed by atoms with Crippen LogP contribution in [-0.2, 0) is 4.79 Å². The molecular formula is C20H18BrN3O2S2. The Kier molecular flexibility index (Phi) is 5.44. The zero-order chi connectivity index (χ0) is 19.8. The van der Waals surface area contributed by atoms with Gasteiger partial charge in [-0.25, -0.2) is 4.99 Å². The topological polar surface area (TPSA) is 45.1 Å². The van der Waals surface area contributed by atoms with Crippen LogP contribution in [0.4, 0.5) is 11.4 Å². The number of carbonyl (C=O) groups is 1. The summed E-state index contributed by atoms with van der Waals surface area (Å²) in [4.78, 5) is 23.4. The number of ether oxygens (including phenoxy) is 1. The molecule has 1 saturated heterocycles. The van der Waals surface area contributed by atoms with Crippen molar-refractivity contribution in [2.45, 2.75) is 11.8 Å². The van der Waals surface area contributed by atoms with Crippen molar-refractivity contribution < 1.29 is 9.53 Å². The van der Waals surface area contributed by atoms with Gasteiger partial charge in [-0.15, -0.1) is 0 Å². The van der Waals surface area contributed by atoms with E-state index < -0.39 is 0 Å². The second kappa shape index (κ2) is 7.85. The van der Waals surface area contributed by atoms with Gasteiger partial charge in [0.05, 0.1) is 23.5 Å². The Bertz CT molecular complexity index is 1010. The lowest BCUT2D eigenvalue weighted by atomic mass is 10.3. The SMILES string of the molecule is CCN1C(=O)/C(=C2/Sc3ccc(OC)cc3N2C)SC1=Nc1ccc(Br)cc1. The number of methoxy groups -OCH3 is 1. The molecule has 2 aliphatic rings. The first-order valence-corrected chi connectivity index (χ1v) is 11.1. The van der Waals surface area contributed by atoms with Gasteiger partial charge in [-0.1, -0.05) is 27.7 Å². The monoisotopic (exact) mass is 475 g/mol. The van der Waals surface area contributed by atoms with E-state index in [1.807, 2.05) is 56.4 Å². The third-order valence-corrected chi connectivity index (χ3v) is 7.42. The molecule has 28 heavy (non-hydrogen) atoms. The second-order valence-electron chi connectivity index (χ2n) is 6.15. The number of likely N-dealkylation sites (N-methyl/N-ethyl adjacent to an activating group) is 1. The number of thioether (sulfide) groups is 2. The Labute approximate surface area is 181 Å². The first-order valence-electron chi connectivity index (χ1n) is 8.69. The predicted molar refractivity (Wildman–Crippen MR) is 120 cm³/mol. The molecule has 0 aromatic heterocycles. The number of carbonyl (C=O) groups excluding carboxylic acids is 1. The van der Waals surface area contributed by atoms with Gasteiger partial charge >= 0.3 is 0 Å². The van der Waals surface area contributed by atoms with Crippen LogP contribution in [0.1, 0.15) is 6.92 Å². The van der Waals surface area contributed by atoms with Gasteiger partial charge in [0.15, 0.2) is 5.17 Å². The van der Waals surface area contributed by atoms with Crippen LogP contribution in [0.15, 0.2) is 66.8 Å². The minimum atomic E-state index is -0.00233. The van der Waals surface area contributed by atoms with E-state index in [4.69, 9.17) is 9.73 Å². The number of aliphatic imine (C=N–C) groups is 1. The lowest BCUT2D eigenvalue weighted by Gasteiger charge is -2.15. The van der Waals surface area contributed by atoms with Crippen LogP contribution in [0, 0.1) is 0 Å². The third kappa shape index (κ3) is 3.44. The van der Waals surface area contributed by atoms with E-state index in [1.165, 1.54) is 11.8 Å². The number of rotatable bonds is 3. The van der Waals surface area contributed by atoms with Gasteiger partial charge in [-0.05, 0) is 55.1 Å². The molecule has 0 bridgehead atoms.